The van der Waals surface area contributed by atoms with Gasteiger partial charge in [-0.1, -0.05) is 0 Å². The minimum atomic E-state index is -0.384. The standard InChI is InChI=1S/C20H19N5O4/c1-2-28-15(26)10-24-6-5-12-9-13(3-4-14(12)20(24)27)25-7-8-29-19-16-17(21-11-22-19)23-18(16)25/h3-4,9,11H,2,5-8,10H2,1H3. The summed E-state index contributed by atoms with van der Waals surface area (Å²) in [5.41, 5.74) is 3.36. The zero-order chi connectivity index (χ0) is 20.0. The second-order valence-electron chi connectivity index (χ2n) is 6.94. The third kappa shape index (κ3) is 2.89. The van der Waals surface area contributed by atoms with Gasteiger partial charge in [0.05, 0.1) is 13.2 Å². The van der Waals surface area contributed by atoms with Crippen molar-refractivity contribution in [3.63, 3.8) is 0 Å². The molecule has 0 bridgehead atoms. The molecule has 0 saturated heterocycles. The van der Waals surface area contributed by atoms with E-state index in [0.29, 0.717) is 50.0 Å². The van der Waals surface area contributed by atoms with E-state index in [1.54, 1.807) is 6.92 Å². The van der Waals surface area contributed by atoms with Crippen molar-refractivity contribution in [3.05, 3.63) is 41.2 Å². The Morgan fingerprint density at radius 1 is 1.28 bits per heavy atom. The van der Waals surface area contributed by atoms with Gasteiger partial charge < -0.3 is 19.3 Å². The molecule has 0 spiro atoms. The minimum absolute atomic E-state index is 0.0201. The predicted octanol–water partition coefficient (Wildman–Crippen LogP) is 1.33. The number of carbonyl (C=O) groups is 2. The predicted molar refractivity (Wildman–Crippen MR) is 104 cm³/mol. The SMILES string of the molecule is CCOC(=O)CN1CCc2cc(N3CCOc4ncnc5c4C3=N5)ccc2C1=O. The van der Waals surface area contributed by atoms with E-state index in [-0.39, 0.29) is 18.4 Å². The normalized spacial score (nSPS) is 16.7. The molecule has 9 heteroatoms. The average molecular weight is 393 g/mol. The largest absolute Gasteiger partial charge is 0.475 e. The molecule has 29 heavy (non-hydrogen) atoms. The summed E-state index contributed by atoms with van der Waals surface area (Å²) >= 11 is 0. The fraction of sp³-hybridized carbons (Fsp3) is 0.350. The van der Waals surface area contributed by atoms with Crippen LogP contribution in [0.5, 0.6) is 5.88 Å². The Balaban J connectivity index is 1.40. The van der Waals surface area contributed by atoms with E-state index in [1.807, 2.05) is 18.2 Å². The molecular formula is C20H19N5O4. The van der Waals surface area contributed by atoms with Gasteiger partial charge in [-0.15, -0.1) is 0 Å². The molecule has 1 aromatic heterocycles. The highest BCUT2D eigenvalue weighted by Gasteiger charge is 2.34. The molecule has 0 atom stereocenters. The molecule has 4 heterocycles. The third-order valence-corrected chi connectivity index (χ3v) is 5.23. The first-order chi connectivity index (χ1) is 14.2. The smallest absolute Gasteiger partial charge is 0.325 e. The second kappa shape index (κ2) is 6.84. The van der Waals surface area contributed by atoms with Gasteiger partial charge in [-0.25, -0.2) is 15.0 Å². The molecule has 3 aliphatic rings. The Hall–Kier alpha value is -3.49. The fourth-order valence-corrected chi connectivity index (χ4v) is 3.84. The van der Waals surface area contributed by atoms with E-state index < -0.39 is 0 Å². The number of anilines is 1. The monoisotopic (exact) mass is 393 g/mol. The van der Waals surface area contributed by atoms with Gasteiger partial charge in [0.25, 0.3) is 5.91 Å². The number of rotatable bonds is 4. The molecule has 0 fully saturated rings. The van der Waals surface area contributed by atoms with Crippen molar-refractivity contribution in [2.75, 3.05) is 37.7 Å². The number of esters is 1. The first-order valence-electron chi connectivity index (χ1n) is 9.58. The lowest BCUT2D eigenvalue weighted by Crippen LogP contribution is -2.41. The molecule has 5 rings (SSSR count). The number of nitrogens with zero attached hydrogens (tertiary/aromatic N) is 5. The van der Waals surface area contributed by atoms with E-state index in [0.717, 1.165) is 22.6 Å². The second-order valence-corrected chi connectivity index (χ2v) is 6.94. The number of benzene rings is 1. The summed E-state index contributed by atoms with van der Waals surface area (Å²) in [5, 5.41) is 0. The van der Waals surface area contributed by atoms with Crippen molar-refractivity contribution < 1.29 is 19.1 Å². The van der Waals surface area contributed by atoms with Crippen molar-refractivity contribution in [2.24, 2.45) is 4.99 Å². The lowest BCUT2D eigenvalue weighted by Gasteiger charge is -2.31. The van der Waals surface area contributed by atoms with E-state index in [4.69, 9.17) is 9.47 Å². The molecule has 9 nitrogen and oxygen atoms in total. The lowest BCUT2D eigenvalue weighted by atomic mass is 9.97. The van der Waals surface area contributed by atoms with E-state index in [2.05, 4.69) is 19.9 Å². The molecule has 0 radical (unpaired) electrons. The highest BCUT2D eigenvalue weighted by molar-refractivity contribution is 6.20. The van der Waals surface area contributed by atoms with Crippen LogP contribution < -0.4 is 9.64 Å². The van der Waals surface area contributed by atoms with Crippen LogP contribution in [-0.2, 0) is 16.0 Å². The number of amidine groups is 1. The van der Waals surface area contributed by atoms with Crippen LogP contribution in [0.25, 0.3) is 0 Å². The van der Waals surface area contributed by atoms with E-state index in [9.17, 15) is 9.59 Å². The number of ether oxygens (including phenoxy) is 2. The average Bonchev–Trinajstić information content (AvgIpc) is 2.87. The molecule has 3 aliphatic heterocycles. The van der Waals surface area contributed by atoms with Gasteiger partial charge in [0.15, 0.2) is 11.7 Å². The van der Waals surface area contributed by atoms with Crippen molar-refractivity contribution in [3.8, 4) is 5.88 Å². The van der Waals surface area contributed by atoms with Crippen molar-refractivity contribution in [1.82, 2.24) is 14.9 Å². The summed E-state index contributed by atoms with van der Waals surface area (Å²) < 4.78 is 10.7. The van der Waals surface area contributed by atoms with Crippen molar-refractivity contribution in [2.45, 2.75) is 13.3 Å². The van der Waals surface area contributed by atoms with Crippen LogP contribution in [0.1, 0.15) is 28.4 Å². The summed E-state index contributed by atoms with van der Waals surface area (Å²) in [6.45, 7) is 3.62. The highest BCUT2D eigenvalue weighted by atomic mass is 16.5. The summed E-state index contributed by atoms with van der Waals surface area (Å²) in [6.07, 6.45) is 2.13. The molecule has 0 unspecified atom stereocenters. The van der Waals surface area contributed by atoms with Crippen LogP contribution in [0.3, 0.4) is 0 Å². The van der Waals surface area contributed by atoms with Gasteiger partial charge in [0, 0.05) is 17.8 Å². The summed E-state index contributed by atoms with van der Waals surface area (Å²) in [5.74, 6) is 1.46. The Kier molecular flexibility index (Phi) is 4.15. The molecule has 1 amide bonds. The number of amides is 1. The van der Waals surface area contributed by atoms with Crippen LogP contribution in [0.4, 0.5) is 11.5 Å². The van der Waals surface area contributed by atoms with Crippen LogP contribution >= 0.6 is 0 Å². The van der Waals surface area contributed by atoms with Gasteiger partial charge in [0.2, 0.25) is 5.88 Å². The first-order valence-corrected chi connectivity index (χ1v) is 9.58. The Labute approximate surface area is 167 Å². The summed E-state index contributed by atoms with van der Waals surface area (Å²) in [4.78, 5) is 41.0. The number of hydrogen-bond donors (Lipinski definition) is 0. The number of aliphatic imine (C=N–C) groups is 1. The first kappa shape index (κ1) is 17.6. The maximum absolute atomic E-state index is 12.8. The lowest BCUT2D eigenvalue weighted by molar-refractivity contribution is -0.143. The Morgan fingerprint density at radius 2 is 2.17 bits per heavy atom. The molecular weight excluding hydrogens is 374 g/mol. The quantitative estimate of drug-likeness (QED) is 0.723. The molecule has 148 valence electrons. The number of fused-ring (bicyclic) bond motifs is 1. The van der Waals surface area contributed by atoms with E-state index >= 15 is 0 Å². The third-order valence-electron chi connectivity index (χ3n) is 5.23. The van der Waals surface area contributed by atoms with Crippen molar-refractivity contribution in [1.29, 1.82) is 0 Å². The molecule has 2 aromatic rings. The topological polar surface area (TPSA) is 97.2 Å². The summed E-state index contributed by atoms with van der Waals surface area (Å²) in [6, 6.07) is 5.74. The Bertz CT molecular complexity index is 1050. The molecule has 1 aromatic carbocycles. The van der Waals surface area contributed by atoms with E-state index in [1.165, 1.54) is 11.2 Å². The number of hydrogen-bond acceptors (Lipinski definition) is 8. The maximum Gasteiger partial charge on any atom is 0.325 e. The van der Waals surface area contributed by atoms with Gasteiger partial charge in [-0.2, -0.15) is 0 Å². The maximum atomic E-state index is 12.8. The van der Waals surface area contributed by atoms with Crippen LogP contribution in [0.15, 0.2) is 29.5 Å². The number of aromatic nitrogens is 2. The zero-order valence-electron chi connectivity index (χ0n) is 15.9. The van der Waals surface area contributed by atoms with Gasteiger partial charge >= 0.3 is 5.97 Å². The molecule has 0 N–H and O–H groups in total. The van der Waals surface area contributed by atoms with Crippen molar-refractivity contribution >= 4 is 29.2 Å². The molecule has 0 aliphatic carbocycles. The van der Waals surface area contributed by atoms with Crippen LogP contribution in [0, 0.1) is 0 Å². The van der Waals surface area contributed by atoms with Gasteiger partial charge in [0.1, 0.15) is 25.0 Å². The van der Waals surface area contributed by atoms with Crippen LogP contribution in [0.2, 0.25) is 0 Å². The fourth-order valence-electron chi connectivity index (χ4n) is 3.84. The minimum Gasteiger partial charge on any atom is -0.475 e. The van der Waals surface area contributed by atoms with Gasteiger partial charge in [-0.3, -0.25) is 9.59 Å². The Morgan fingerprint density at radius 3 is 3.03 bits per heavy atom. The number of carbonyl (C=O) groups excluding carboxylic acids is 2. The zero-order valence-corrected chi connectivity index (χ0v) is 15.9. The molecule has 0 saturated carbocycles. The summed E-state index contributed by atoms with van der Waals surface area (Å²) in [7, 11) is 0. The highest BCUT2D eigenvalue weighted by Crippen LogP contribution is 2.38. The van der Waals surface area contributed by atoms with Gasteiger partial charge in [-0.05, 0) is 37.1 Å². The van der Waals surface area contributed by atoms with Crippen LogP contribution in [-0.4, -0.2) is 65.4 Å².